The molecule has 1 saturated heterocycles. The minimum absolute atomic E-state index is 0.121. The summed E-state index contributed by atoms with van der Waals surface area (Å²) in [5, 5.41) is 3.33. The molecule has 0 aromatic heterocycles. The molecule has 1 atom stereocenters. The zero-order valence-electron chi connectivity index (χ0n) is 12.1. The predicted octanol–water partition coefficient (Wildman–Crippen LogP) is 3.56. The van der Waals surface area contributed by atoms with E-state index in [4.69, 9.17) is 0 Å². The van der Waals surface area contributed by atoms with Gasteiger partial charge < -0.3 is 10.2 Å². The lowest BCUT2D eigenvalue weighted by Gasteiger charge is -2.33. The molecule has 0 bridgehead atoms. The monoisotopic (exact) mass is 264 g/mol. The molecular weight excluding hydrogens is 239 g/mol. The van der Waals surface area contributed by atoms with Crippen molar-refractivity contribution in [1.82, 2.24) is 5.32 Å². The molecular formula is C16H25FN2. The molecule has 0 aliphatic carbocycles. The van der Waals surface area contributed by atoms with Crippen LogP contribution in [-0.4, -0.2) is 19.6 Å². The number of nitrogens with zero attached hydrogens (tertiary/aromatic N) is 1. The van der Waals surface area contributed by atoms with Crippen LogP contribution in [0, 0.1) is 11.7 Å². The Kier molecular flexibility index (Phi) is 5.20. The smallest absolute Gasteiger partial charge is 0.125 e. The van der Waals surface area contributed by atoms with Crippen molar-refractivity contribution in [3.8, 4) is 0 Å². The van der Waals surface area contributed by atoms with E-state index in [9.17, 15) is 4.39 Å². The molecule has 0 amide bonds. The fourth-order valence-corrected chi connectivity index (χ4v) is 2.75. The first-order valence-corrected chi connectivity index (χ1v) is 7.44. The Balaban J connectivity index is 2.07. The third-order valence-corrected chi connectivity index (χ3v) is 3.72. The van der Waals surface area contributed by atoms with Gasteiger partial charge in [-0.25, -0.2) is 4.39 Å². The molecule has 1 N–H and O–H groups in total. The van der Waals surface area contributed by atoms with Crippen molar-refractivity contribution in [3.63, 3.8) is 0 Å². The SMILES string of the molecule is CCCNCc1cc(F)cc(N2CCCC(C)C2)c1. The van der Waals surface area contributed by atoms with Gasteiger partial charge in [0.1, 0.15) is 5.82 Å². The van der Waals surface area contributed by atoms with E-state index in [0.717, 1.165) is 43.9 Å². The topological polar surface area (TPSA) is 15.3 Å². The molecule has 1 aromatic carbocycles. The molecule has 1 heterocycles. The van der Waals surface area contributed by atoms with E-state index < -0.39 is 0 Å². The van der Waals surface area contributed by atoms with E-state index in [1.54, 1.807) is 12.1 Å². The third kappa shape index (κ3) is 4.20. The average molecular weight is 264 g/mol. The summed E-state index contributed by atoms with van der Waals surface area (Å²) < 4.78 is 13.7. The molecule has 0 radical (unpaired) electrons. The highest BCUT2D eigenvalue weighted by molar-refractivity contribution is 5.49. The van der Waals surface area contributed by atoms with Crippen LogP contribution in [0.25, 0.3) is 0 Å². The Labute approximate surface area is 116 Å². The van der Waals surface area contributed by atoms with Crippen LogP contribution in [0.4, 0.5) is 10.1 Å². The fraction of sp³-hybridized carbons (Fsp3) is 0.625. The first-order chi connectivity index (χ1) is 9.19. The Morgan fingerprint density at radius 1 is 1.37 bits per heavy atom. The van der Waals surface area contributed by atoms with Crippen molar-refractivity contribution in [2.24, 2.45) is 5.92 Å². The summed E-state index contributed by atoms with van der Waals surface area (Å²) in [4.78, 5) is 2.32. The van der Waals surface area contributed by atoms with Gasteiger partial charge in [0.15, 0.2) is 0 Å². The van der Waals surface area contributed by atoms with Gasteiger partial charge in [-0.05, 0) is 55.5 Å². The number of benzene rings is 1. The molecule has 19 heavy (non-hydrogen) atoms. The third-order valence-electron chi connectivity index (χ3n) is 3.72. The molecule has 1 aliphatic heterocycles. The van der Waals surface area contributed by atoms with Crippen LogP contribution in [-0.2, 0) is 6.54 Å². The molecule has 1 unspecified atom stereocenters. The highest BCUT2D eigenvalue weighted by Crippen LogP contribution is 2.24. The molecule has 1 fully saturated rings. The highest BCUT2D eigenvalue weighted by atomic mass is 19.1. The van der Waals surface area contributed by atoms with Gasteiger partial charge in [-0.2, -0.15) is 0 Å². The van der Waals surface area contributed by atoms with E-state index in [1.165, 1.54) is 12.8 Å². The number of hydrogen-bond donors (Lipinski definition) is 1. The summed E-state index contributed by atoms with van der Waals surface area (Å²) in [5.74, 6) is 0.586. The molecule has 0 saturated carbocycles. The van der Waals surface area contributed by atoms with Crippen molar-refractivity contribution in [1.29, 1.82) is 0 Å². The van der Waals surface area contributed by atoms with Crippen LogP contribution < -0.4 is 10.2 Å². The minimum Gasteiger partial charge on any atom is -0.371 e. The maximum atomic E-state index is 13.7. The zero-order valence-corrected chi connectivity index (χ0v) is 12.1. The van der Waals surface area contributed by atoms with Gasteiger partial charge in [-0.3, -0.25) is 0 Å². The summed E-state index contributed by atoms with van der Waals surface area (Å²) in [6.45, 7) is 8.24. The van der Waals surface area contributed by atoms with Gasteiger partial charge in [0.05, 0.1) is 0 Å². The lowest BCUT2D eigenvalue weighted by Crippen LogP contribution is -2.34. The Morgan fingerprint density at radius 2 is 2.21 bits per heavy atom. The molecule has 0 spiro atoms. The molecule has 106 valence electrons. The average Bonchev–Trinajstić information content (AvgIpc) is 2.38. The van der Waals surface area contributed by atoms with Gasteiger partial charge >= 0.3 is 0 Å². The molecule has 2 rings (SSSR count). The van der Waals surface area contributed by atoms with Crippen molar-refractivity contribution < 1.29 is 4.39 Å². The van der Waals surface area contributed by atoms with E-state index in [-0.39, 0.29) is 5.82 Å². The second kappa shape index (κ2) is 6.90. The van der Waals surface area contributed by atoms with Gasteiger partial charge in [-0.1, -0.05) is 13.8 Å². The lowest BCUT2D eigenvalue weighted by atomic mass is 9.99. The number of piperidine rings is 1. The van der Waals surface area contributed by atoms with Gasteiger partial charge in [0.2, 0.25) is 0 Å². The van der Waals surface area contributed by atoms with Crippen LogP contribution in [0.15, 0.2) is 18.2 Å². The number of halogens is 1. The predicted molar refractivity (Wildman–Crippen MR) is 79.0 cm³/mol. The summed E-state index contributed by atoms with van der Waals surface area (Å²) in [5.41, 5.74) is 2.08. The van der Waals surface area contributed by atoms with Crippen molar-refractivity contribution in [2.75, 3.05) is 24.5 Å². The number of anilines is 1. The van der Waals surface area contributed by atoms with E-state index >= 15 is 0 Å². The lowest BCUT2D eigenvalue weighted by molar-refractivity contribution is 0.446. The molecule has 1 aromatic rings. The van der Waals surface area contributed by atoms with E-state index in [2.05, 4.69) is 30.1 Å². The van der Waals surface area contributed by atoms with Crippen molar-refractivity contribution in [2.45, 2.75) is 39.7 Å². The van der Waals surface area contributed by atoms with E-state index in [1.807, 2.05) is 0 Å². The number of hydrogen-bond acceptors (Lipinski definition) is 2. The second-order valence-corrected chi connectivity index (χ2v) is 5.69. The Hall–Kier alpha value is -1.09. The largest absolute Gasteiger partial charge is 0.371 e. The normalized spacial score (nSPS) is 19.7. The Morgan fingerprint density at radius 3 is 2.95 bits per heavy atom. The number of rotatable bonds is 5. The van der Waals surface area contributed by atoms with Gasteiger partial charge in [0.25, 0.3) is 0 Å². The standard InChI is InChI=1S/C16H25FN2/c1-3-6-18-11-14-8-15(17)10-16(9-14)19-7-4-5-13(2)12-19/h8-10,13,18H,3-7,11-12H2,1-2H3. The van der Waals surface area contributed by atoms with Crippen LogP contribution >= 0.6 is 0 Å². The van der Waals surface area contributed by atoms with E-state index in [0.29, 0.717) is 5.92 Å². The quantitative estimate of drug-likeness (QED) is 0.818. The molecule has 1 aliphatic rings. The van der Waals surface area contributed by atoms with Crippen molar-refractivity contribution >= 4 is 5.69 Å². The molecule has 3 heteroatoms. The fourth-order valence-electron chi connectivity index (χ4n) is 2.75. The van der Waals surface area contributed by atoms with Crippen molar-refractivity contribution in [3.05, 3.63) is 29.6 Å². The zero-order chi connectivity index (χ0) is 13.7. The summed E-state index contributed by atoms with van der Waals surface area (Å²) >= 11 is 0. The minimum atomic E-state index is -0.121. The maximum Gasteiger partial charge on any atom is 0.125 e. The van der Waals surface area contributed by atoms with Crippen LogP contribution in [0.5, 0.6) is 0 Å². The van der Waals surface area contributed by atoms with Crippen LogP contribution in [0.3, 0.4) is 0 Å². The second-order valence-electron chi connectivity index (χ2n) is 5.69. The Bertz CT molecular complexity index is 406. The summed E-state index contributed by atoms with van der Waals surface area (Å²) in [7, 11) is 0. The summed E-state index contributed by atoms with van der Waals surface area (Å²) in [6, 6.07) is 5.44. The maximum absolute atomic E-state index is 13.7. The van der Waals surface area contributed by atoms with Crippen LogP contribution in [0.2, 0.25) is 0 Å². The molecule has 2 nitrogen and oxygen atoms in total. The summed E-state index contributed by atoms with van der Waals surface area (Å²) in [6.07, 6.45) is 3.60. The van der Waals surface area contributed by atoms with Crippen LogP contribution in [0.1, 0.15) is 38.7 Å². The van der Waals surface area contributed by atoms with Gasteiger partial charge in [0, 0.05) is 25.3 Å². The first kappa shape index (κ1) is 14.3. The highest BCUT2D eigenvalue weighted by Gasteiger charge is 2.17. The van der Waals surface area contributed by atoms with Gasteiger partial charge in [-0.15, -0.1) is 0 Å². The first-order valence-electron chi connectivity index (χ1n) is 7.44. The number of nitrogens with one attached hydrogen (secondary N) is 1.